The van der Waals surface area contributed by atoms with E-state index >= 15 is 0 Å². The SMILES string of the molecule is Cn1nc([N+](=O)[O-])cc1C(=O)N[C@H](c1ccc(F)cc1)C(F)(F)F. The van der Waals surface area contributed by atoms with Crippen molar-refractivity contribution in [1.82, 2.24) is 15.1 Å². The van der Waals surface area contributed by atoms with Gasteiger partial charge in [-0.1, -0.05) is 12.1 Å². The van der Waals surface area contributed by atoms with E-state index in [-0.39, 0.29) is 5.56 Å². The number of carbonyl (C=O) groups is 1. The third-order valence-corrected chi connectivity index (χ3v) is 3.09. The summed E-state index contributed by atoms with van der Waals surface area (Å²) in [5.41, 5.74) is -0.799. The van der Waals surface area contributed by atoms with Gasteiger partial charge in [0.05, 0.1) is 18.2 Å². The first-order valence-electron chi connectivity index (χ1n) is 6.41. The second-order valence-electron chi connectivity index (χ2n) is 4.77. The molecular formula is C13H10F4N4O3. The van der Waals surface area contributed by atoms with Crippen LogP contribution in [0.3, 0.4) is 0 Å². The van der Waals surface area contributed by atoms with E-state index in [1.807, 2.05) is 0 Å². The number of amides is 1. The van der Waals surface area contributed by atoms with E-state index in [1.165, 1.54) is 7.05 Å². The molecule has 2 rings (SSSR count). The number of nitrogens with one attached hydrogen (secondary N) is 1. The van der Waals surface area contributed by atoms with Crippen LogP contribution in [-0.2, 0) is 7.05 Å². The van der Waals surface area contributed by atoms with Gasteiger partial charge in [-0.25, -0.2) is 4.39 Å². The molecule has 7 nitrogen and oxygen atoms in total. The summed E-state index contributed by atoms with van der Waals surface area (Å²) < 4.78 is 53.2. The Kier molecular flexibility index (Phi) is 4.53. The molecule has 0 radical (unpaired) electrons. The van der Waals surface area contributed by atoms with Gasteiger partial charge in [0.25, 0.3) is 5.91 Å². The Morgan fingerprint density at radius 2 is 1.92 bits per heavy atom. The predicted molar refractivity (Wildman–Crippen MR) is 72.5 cm³/mol. The molecule has 0 aliphatic rings. The molecule has 11 heteroatoms. The molecule has 0 bridgehead atoms. The zero-order valence-electron chi connectivity index (χ0n) is 12.0. The lowest BCUT2D eigenvalue weighted by Crippen LogP contribution is -2.38. The van der Waals surface area contributed by atoms with Crippen molar-refractivity contribution < 1.29 is 27.3 Å². The number of alkyl halides is 3. The van der Waals surface area contributed by atoms with E-state index in [4.69, 9.17) is 0 Å². The number of hydrogen-bond acceptors (Lipinski definition) is 4. The molecule has 0 spiro atoms. The molecule has 1 N–H and O–H groups in total. The Morgan fingerprint density at radius 3 is 2.38 bits per heavy atom. The molecule has 0 aliphatic heterocycles. The van der Waals surface area contributed by atoms with Crippen molar-refractivity contribution in [1.29, 1.82) is 0 Å². The Labute approximate surface area is 132 Å². The van der Waals surface area contributed by atoms with Crippen molar-refractivity contribution >= 4 is 11.7 Å². The van der Waals surface area contributed by atoms with Gasteiger partial charge in [0, 0.05) is 0 Å². The molecule has 0 saturated carbocycles. The predicted octanol–water partition coefficient (Wildman–Crippen LogP) is 2.50. The Hall–Kier alpha value is -2.98. The number of nitro groups is 1. The molecule has 1 aromatic heterocycles. The maximum absolute atomic E-state index is 13.2. The lowest BCUT2D eigenvalue weighted by Gasteiger charge is -2.21. The summed E-state index contributed by atoms with van der Waals surface area (Å²) in [6, 6.07) is 1.79. The van der Waals surface area contributed by atoms with Crippen molar-refractivity contribution in [2.45, 2.75) is 12.2 Å². The second-order valence-corrected chi connectivity index (χ2v) is 4.77. The van der Waals surface area contributed by atoms with Crippen molar-refractivity contribution in [2.75, 3.05) is 0 Å². The molecule has 2 aromatic rings. The van der Waals surface area contributed by atoms with Crippen LogP contribution in [0.15, 0.2) is 30.3 Å². The minimum atomic E-state index is -4.85. The fraction of sp³-hybridized carbons (Fsp3) is 0.231. The van der Waals surface area contributed by atoms with Gasteiger partial charge in [0.1, 0.15) is 5.82 Å². The number of aryl methyl sites for hydroxylation is 1. The summed E-state index contributed by atoms with van der Waals surface area (Å²) in [6.07, 6.45) is -4.85. The average molecular weight is 346 g/mol. The van der Waals surface area contributed by atoms with Crippen molar-refractivity contribution in [3.63, 3.8) is 0 Å². The number of hydrogen-bond donors (Lipinski definition) is 1. The molecule has 0 fully saturated rings. The van der Waals surface area contributed by atoms with Gasteiger partial charge in [-0.3, -0.25) is 4.79 Å². The van der Waals surface area contributed by atoms with Gasteiger partial charge < -0.3 is 15.4 Å². The molecule has 0 aliphatic carbocycles. The highest BCUT2D eigenvalue weighted by atomic mass is 19.4. The summed E-state index contributed by atoms with van der Waals surface area (Å²) >= 11 is 0. The third kappa shape index (κ3) is 3.67. The van der Waals surface area contributed by atoms with Gasteiger partial charge in [-0.2, -0.15) is 17.9 Å². The summed E-state index contributed by atoms with van der Waals surface area (Å²) in [5.74, 6) is -2.61. The van der Waals surface area contributed by atoms with E-state index in [0.717, 1.165) is 35.0 Å². The van der Waals surface area contributed by atoms with Crippen LogP contribution in [-0.4, -0.2) is 26.8 Å². The molecule has 1 aromatic carbocycles. The number of benzene rings is 1. The van der Waals surface area contributed by atoms with Crippen molar-refractivity contribution in [3.8, 4) is 0 Å². The molecular weight excluding hydrogens is 336 g/mol. The van der Waals surface area contributed by atoms with Gasteiger partial charge >= 0.3 is 12.0 Å². The Balaban J connectivity index is 2.31. The zero-order valence-corrected chi connectivity index (χ0v) is 12.0. The molecule has 1 atom stereocenters. The van der Waals surface area contributed by atoms with Gasteiger partial charge in [-0.15, -0.1) is 0 Å². The van der Waals surface area contributed by atoms with Crippen LogP contribution >= 0.6 is 0 Å². The minimum Gasteiger partial charge on any atom is -0.358 e. The van der Waals surface area contributed by atoms with Crippen LogP contribution in [0.1, 0.15) is 22.1 Å². The smallest absolute Gasteiger partial charge is 0.358 e. The number of aromatic nitrogens is 2. The first kappa shape index (κ1) is 17.4. The number of carbonyl (C=O) groups excluding carboxylic acids is 1. The normalized spacial score (nSPS) is 12.7. The lowest BCUT2D eigenvalue weighted by molar-refractivity contribution is -0.389. The van der Waals surface area contributed by atoms with Crippen LogP contribution in [0.4, 0.5) is 23.4 Å². The molecule has 1 amide bonds. The van der Waals surface area contributed by atoms with Crippen molar-refractivity contribution in [2.24, 2.45) is 7.05 Å². The fourth-order valence-corrected chi connectivity index (χ4v) is 1.97. The average Bonchev–Trinajstić information content (AvgIpc) is 2.87. The first-order chi connectivity index (χ1) is 11.1. The van der Waals surface area contributed by atoms with Crippen LogP contribution in [0.5, 0.6) is 0 Å². The quantitative estimate of drug-likeness (QED) is 0.523. The standard InChI is InChI=1S/C13H10F4N4O3/c1-20-9(6-10(19-20)21(23)24)12(22)18-11(13(15,16)17)7-2-4-8(14)5-3-7/h2-6,11H,1H3,(H,18,22)/t11-/m1/s1. The van der Waals surface area contributed by atoms with Crippen LogP contribution in [0.2, 0.25) is 0 Å². The van der Waals surface area contributed by atoms with Crippen molar-refractivity contribution in [3.05, 3.63) is 57.5 Å². The highest BCUT2D eigenvalue weighted by Crippen LogP contribution is 2.33. The molecule has 128 valence electrons. The van der Waals surface area contributed by atoms with Gasteiger partial charge in [0.15, 0.2) is 11.7 Å². The zero-order chi connectivity index (χ0) is 18.1. The summed E-state index contributed by atoms with van der Waals surface area (Å²) in [6.45, 7) is 0. The molecule has 0 saturated heterocycles. The lowest BCUT2D eigenvalue weighted by atomic mass is 10.1. The van der Waals surface area contributed by atoms with Crippen LogP contribution in [0.25, 0.3) is 0 Å². The van der Waals surface area contributed by atoms with E-state index < -0.39 is 40.4 Å². The van der Waals surface area contributed by atoms with E-state index in [1.54, 1.807) is 5.32 Å². The summed E-state index contributed by atoms with van der Waals surface area (Å²) in [5, 5.41) is 15.7. The molecule has 24 heavy (non-hydrogen) atoms. The third-order valence-electron chi connectivity index (χ3n) is 3.09. The largest absolute Gasteiger partial charge is 0.412 e. The van der Waals surface area contributed by atoms with Gasteiger partial charge in [-0.05, 0) is 22.6 Å². The summed E-state index contributed by atoms with van der Waals surface area (Å²) in [4.78, 5) is 21.8. The first-order valence-corrected chi connectivity index (χ1v) is 6.41. The van der Waals surface area contributed by atoms with Crippen LogP contribution < -0.4 is 5.32 Å². The highest BCUT2D eigenvalue weighted by Gasteiger charge is 2.42. The maximum Gasteiger partial charge on any atom is 0.412 e. The van der Waals surface area contributed by atoms with E-state index in [9.17, 15) is 32.5 Å². The Bertz CT molecular complexity index is 771. The minimum absolute atomic E-state index is 0.381. The topological polar surface area (TPSA) is 90.1 Å². The number of halogens is 4. The second kappa shape index (κ2) is 6.26. The van der Waals surface area contributed by atoms with Gasteiger partial charge in [0.2, 0.25) is 0 Å². The highest BCUT2D eigenvalue weighted by molar-refractivity contribution is 5.93. The number of nitrogens with zero attached hydrogens (tertiary/aromatic N) is 3. The van der Waals surface area contributed by atoms with E-state index in [0.29, 0.717) is 0 Å². The fourth-order valence-electron chi connectivity index (χ4n) is 1.97. The molecule has 1 heterocycles. The summed E-state index contributed by atoms with van der Waals surface area (Å²) in [7, 11) is 1.18. The Morgan fingerprint density at radius 1 is 1.33 bits per heavy atom. The van der Waals surface area contributed by atoms with Crippen LogP contribution in [0, 0.1) is 15.9 Å². The molecule has 0 unspecified atom stereocenters. The van der Waals surface area contributed by atoms with E-state index in [2.05, 4.69) is 5.10 Å². The monoisotopic (exact) mass is 346 g/mol. The maximum atomic E-state index is 13.2. The number of rotatable bonds is 4.